The summed E-state index contributed by atoms with van der Waals surface area (Å²) in [5, 5.41) is 23.2. The molecule has 1 unspecified atom stereocenters. The molecule has 0 aliphatic heterocycles. The first-order valence-corrected chi connectivity index (χ1v) is 12.3. The smallest absolute Gasteiger partial charge is 0.321 e. The Morgan fingerprint density at radius 2 is 1.45 bits per heavy atom. The monoisotopic (exact) mass is 538 g/mol. The van der Waals surface area contributed by atoms with Gasteiger partial charge in [-0.25, -0.2) is 9.78 Å². The number of carboxylic acid groups (broad SMARTS) is 1. The van der Waals surface area contributed by atoms with Crippen molar-refractivity contribution in [1.82, 2.24) is 26.3 Å². The molecule has 2 aromatic carbocycles. The molecule has 5 amide bonds. The van der Waals surface area contributed by atoms with E-state index in [0.717, 1.165) is 22.5 Å². The number of carbonyl (C=O) groups is 5. The third-order valence-corrected chi connectivity index (χ3v) is 5.76. The summed E-state index contributed by atoms with van der Waals surface area (Å²) in [6.45, 7) is -0.0424. The lowest BCUT2D eigenvalue weighted by molar-refractivity contribution is -0.140. The maximum atomic E-state index is 12.4. The first-order valence-electron chi connectivity index (χ1n) is 11.5. The van der Waals surface area contributed by atoms with Crippen molar-refractivity contribution < 1.29 is 29.1 Å². The number of amides is 5. The van der Waals surface area contributed by atoms with Crippen LogP contribution in [-0.4, -0.2) is 52.4 Å². The van der Waals surface area contributed by atoms with E-state index in [4.69, 9.17) is 5.11 Å². The molecule has 13 heteroatoms. The number of urea groups is 1. The van der Waals surface area contributed by atoms with Gasteiger partial charge in [0.2, 0.25) is 11.8 Å². The molecule has 0 radical (unpaired) electrons. The highest BCUT2D eigenvalue weighted by Crippen LogP contribution is 2.15. The van der Waals surface area contributed by atoms with Gasteiger partial charge in [-0.15, -0.1) is 11.3 Å². The Labute approximate surface area is 221 Å². The number of thiazole rings is 1. The number of hydrogen-bond donors (Lipinski definition) is 6. The Morgan fingerprint density at radius 1 is 0.842 bits per heavy atom. The molecular weight excluding hydrogens is 512 g/mol. The number of hydrogen-bond acceptors (Lipinski definition) is 7. The zero-order valence-electron chi connectivity index (χ0n) is 20.1. The Kier molecular flexibility index (Phi) is 10.3. The second kappa shape index (κ2) is 14.1. The molecule has 0 spiro atoms. The average Bonchev–Trinajstić information content (AvgIpc) is 3.38. The predicted octanol–water partition coefficient (Wildman–Crippen LogP) is 1.47. The maximum absolute atomic E-state index is 12.4. The average molecular weight is 539 g/mol. The van der Waals surface area contributed by atoms with E-state index in [1.807, 2.05) is 36.4 Å². The Bertz CT molecular complexity index is 1270. The van der Waals surface area contributed by atoms with Gasteiger partial charge in [-0.3, -0.25) is 24.5 Å². The highest BCUT2D eigenvalue weighted by atomic mass is 32.1. The van der Waals surface area contributed by atoms with Gasteiger partial charge in [-0.05, 0) is 11.1 Å². The van der Waals surface area contributed by atoms with Crippen LogP contribution < -0.4 is 26.6 Å². The summed E-state index contributed by atoms with van der Waals surface area (Å²) in [5.74, 6) is -3.38. The van der Waals surface area contributed by atoms with Crippen LogP contribution in [0.2, 0.25) is 0 Å². The topological polar surface area (TPSA) is 179 Å². The minimum atomic E-state index is -1.33. The number of rotatable bonds is 12. The standard InChI is InChI=1S/C25H26N6O6S/c32-20(29-18(11-21(33)34)22(35)26-12-16-7-3-1-4-8-16)14-27-23(36)19-15-38-25(30-19)31-24(37)28-13-17-9-5-2-6-10-17/h1-10,15,18H,11-14H2,(H,26,35)(H,27,36)(H,29,32)(H,33,34)(H2,28,30,31,37). The fraction of sp³-hybridized carbons (Fsp3) is 0.200. The third kappa shape index (κ3) is 9.35. The number of carbonyl (C=O) groups excluding carboxylic acids is 4. The van der Waals surface area contributed by atoms with Gasteiger partial charge in [0, 0.05) is 18.5 Å². The zero-order valence-corrected chi connectivity index (χ0v) is 20.9. The quantitative estimate of drug-likeness (QED) is 0.202. The number of benzene rings is 2. The van der Waals surface area contributed by atoms with Crippen LogP contribution in [-0.2, 0) is 27.5 Å². The van der Waals surface area contributed by atoms with Crippen LogP contribution in [0.3, 0.4) is 0 Å². The molecule has 0 aliphatic rings. The Balaban J connectivity index is 1.44. The van der Waals surface area contributed by atoms with E-state index in [2.05, 4.69) is 31.6 Å². The van der Waals surface area contributed by atoms with Crippen LogP contribution in [0.4, 0.5) is 9.93 Å². The Hall–Kier alpha value is -4.78. The van der Waals surface area contributed by atoms with Gasteiger partial charge >= 0.3 is 12.0 Å². The summed E-state index contributed by atoms with van der Waals surface area (Å²) in [6, 6.07) is 16.5. The lowest BCUT2D eigenvalue weighted by Crippen LogP contribution is -2.50. The predicted molar refractivity (Wildman–Crippen MR) is 139 cm³/mol. The van der Waals surface area contributed by atoms with Crippen LogP contribution >= 0.6 is 11.3 Å². The van der Waals surface area contributed by atoms with E-state index in [-0.39, 0.29) is 17.4 Å². The van der Waals surface area contributed by atoms with E-state index in [9.17, 15) is 24.0 Å². The summed E-state index contributed by atoms with van der Waals surface area (Å²) in [4.78, 5) is 64.4. The summed E-state index contributed by atoms with van der Waals surface area (Å²) < 4.78 is 0. The van der Waals surface area contributed by atoms with Gasteiger partial charge in [0.1, 0.15) is 11.7 Å². The molecule has 6 N–H and O–H groups in total. The molecule has 1 atom stereocenters. The Morgan fingerprint density at radius 3 is 2.05 bits per heavy atom. The van der Waals surface area contributed by atoms with Crippen LogP contribution in [0.1, 0.15) is 28.0 Å². The molecule has 12 nitrogen and oxygen atoms in total. The van der Waals surface area contributed by atoms with Crippen molar-refractivity contribution in [3.8, 4) is 0 Å². The molecule has 1 heterocycles. The molecule has 3 rings (SSSR count). The third-order valence-electron chi connectivity index (χ3n) is 5.00. The molecule has 0 aliphatic carbocycles. The van der Waals surface area contributed by atoms with Crippen molar-refractivity contribution in [2.24, 2.45) is 0 Å². The van der Waals surface area contributed by atoms with Crippen molar-refractivity contribution in [2.45, 2.75) is 25.6 Å². The van der Waals surface area contributed by atoms with Crippen molar-refractivity contribution >= 4 is 46.2 Å². The van der Waals surface area contributed by atoms with Crippen molar-refractivity contribution in [3.05, 3.63) is 82.9 Å². The lowest BCUT2D eigenvalue weighted by Gasteiger charge is -2.17. The number of aliphatic carboxylic acids is 1. The number of aromatic nitrogens is 1. The van der Waals surface area contributed by atoms with Gasteiger partial charge in [-0.1, -0.05) is 60.7 Å². The minimum Gasteiger partial charge on any atom is -0.481 e. The normalized spacial score (nSPS) is 11.1. The summed E-state index contributed by atoms with van der Waals surface area (Å²) >= 11 is 1.02. The largest absolute Gasteiger partial charge is 0.481 e. The summed E-state index contributed by atoms with van der Waals surface area (Å²) in [5.41, 5.74) is 1.70. The SMILES string of the molecule is O=C(O)CC(NC(=O)CNC(=O)c1csc(NC(=O)NCc2ccccc2)n1)C(=O)NCc1ccccc1. The van der Waals surface area contributed by atoms with Crippen molar-refractivity contribution in [2.75, 3.05) is 11.9 Å². The molecule has 38 heavy (non-hydrogen) atoms. The molecule has 3 aromatic rings. The summed E-state index contributed by atoms with van der Waals surface area (Å²) in [7, 11) is 0. The van der Waals surface area contributed by atoms with Gasteiger partial charge in [-0.2, -0.15) is 0 Å². The van der Waals surface area contributed by atoms with E-state index in [1.54, 1.807) is 24.3 Å². The second-order valence-corrected chi connectivity index (χ2v) is 8.79. The number of anilines is 1. The fourth-order valence-electron chi connectivity index (χ4n) is 3.14. The van der Waals surface area contributed by atoms with E-state index in [0.29, 0.717) is 6.54 Å². The molecule has 198 valence electrons. The van der Waals surface area contributed by atoms with Crippen molar-refractivity contribution in [3.63, 3.8) is 0 Å². The highest BCUT2D eigenvalue weighted by molar-refractivity contribution is 7.14. The van der Waals surface area contributed by atoms with Crippen LogP contribution in [0.15, 0.2) is 66.0 Å². The van der Waals surface area contributed by atoms with Crippen LogP contribution in [0, 0.1) is 0 Å². The molecule has 0 bridgehead atoms. The van der Waals surface area contributed by atoms with E-state index >= 15 is 0 Å². The zero-order chi connectivity index (χ0) is 27.3. The van der Waals surface area contributed by atoms with Gasteiger partial charge in [0.05, 0.1) is 13.0 Å². The van der Waals surface area contributed by atoms with Crippen molar-refractivity contribution in [1.29, 1.82) is 0 Å². The van der Waals surface area contributed by atoms with Gasteiger partial charge in [0.15, 0.2) is 5.13 Å². The maximum Gasteiger partial charge on any atom is 0.321 e. The fourth-order valence-corrected chi connectivity index (χ4v) is 3.83. The van der Waals surface area contributed by atoms with Gasteiger partial charge < -0.3 is 26.4 Å². The molecule has 0 fully saturated rings. The van der Waals surface area contributed by atoms with Crippen LogP contribution in [0.5, 0.6) is 0 Å². The van der Waals surface area contributed by atoms with Gasteiger partial charge in [0.25, 0.3) is 5.91 Å². The number of carboxylic acids is 1. The second-order valence-electron chi connectivity index (χ2n) is 7.94. The number of nitrogens with zero attached hydrogens (tertiary/aromatic N) is 1. The molecule has 0 saturated carbocycles. The number of nitrogens with one attached hydrogen (secondary N) is 5. The van der Waals surface area contributed by atoms with E-state index < -0.39 is 48.7 Å². The van der Waals surface area contributed by atoms with E-state index in [1.165, 1.54) is 5.38 Å². The summed E-state index contributed by atoms with van der Waals surface area (Å²) in [6.07, 6.45) is -0.631. The lowest BCUT2D eigenvalue weighted by atomic mass is 10.1. The first kappa shape index (κ1) is 27.8. The molecule has 0 saturated heterocycles. The molecular formula is C25H26N6O6S. The highest BCUT2D eigenvalue weighted by Gasteiger charge is 2.24. The van der Waals surface area contributed by atoms with Crippen LogP contribution in [0.25, 0.3) is 0 Å². The first-order chi connectivity index (χ1) is 18.3. The molecule has 1 aromatic heterocycles. The minimum absolute atomic E-state index is 0.0242.